The predicted octanol–water partition coefficient (Wildman–Crippen LogP) is 33.5. The quantitative estimate of drug-likeness (QED) is 0.117. The van der Waals surface area contributed by atoms with Crippen LogP contribution in [0.1, 0.15) is 0 Å². The van der Waals surface area contributed by atoms with Gasteiger partial charge in [0.1, 0.15) is 22.3 Å². The summed E-state index contributed by atoms with van der Waals surface area (Å²) in [6.45, 7) is 0. The maximum atomic E-state index is 7.14. The van der Waals surface area contributed by atoms with Crippen LogP contribution in [0.3, 0.4) is 0 Å². The van der Waals surface area contributed by atoms with Crippen LogP contribution in [0, 0.1) is 0 Å². The van der Waals surface area contributed by atoms with E-state index in [0.29, 0.717) is 34.9 Å². The van der Waals surface area contributed by atoms with Gasteiger partial charge in [-0.2, -0.15) is 0 Å². The summed E-state index contributed by atoms with van der Waals surface area (Å²) in [6, 6.07) is 158. The molecule has 30 aromatic rings. The van der Waals surface area contributed by atoms with Crippen LogP contribution < -0.4 is 0 Å². The Morgan fingerprint density at radius 2 is 0.457 bits per heavy atom. The third-order valence-electron chi connectivity index (χ3n) is 27.9. The lowest BCUT2D eigenvalue weighted by Gasteiger charge is -2.10. The third-order valence-corrected chi connectivity index (χ3v) is 29.1. The molecule has 0 atom stereocenters. The molecule has 10 heterocycles. The number of thiophene rings is 1. The molecule has 0 saturated carbocycles. The van der Waals surface area contributed by atoms with Crippen molar-refractivity contribution >= 4 is 185 Å². The van der Waals surface area contributed by atoms with Gasteiger partial charge in [0.05, 0.1) is 44.1 Å². The second kappa shape index (κ2) is 31.4. The highest BCUT2D eigenvalue weighted by Gasteiger charge is 2.28. The van der Waals surface area contributed by atoms with Crippen molar-refractivity contribution < 1.29 is 13.3 Å². The molecule has 0 spiro atoms. The zero-order valence-electron chi connectivity index (χ0n) is 74.8. The molecule has 0 bridgehead atoms. The van der Waals surface area contributed by atoms with Crippen LogP contribution in [0.5, 0.6) is 0 Å². The number of hydrogen-bond acceptors (Lipinski definition) is 10. The van der Waals surface area contributed by atoms with Crippen LogP contribution >= 0.6 is 11.3 Å². The van der Waals surface area contributed by atoms with Crippen molar-refractivity contribution in [2.75, 3.05) is 0 Å². The maximum Gasteiger partial charge on any atom is 0.164 e. The lowest BCUT2D eigenvalue weighted by atomic mass is 10.00. The average molecular weight is 1810 g/mol. The van der Waals surface area contributed by atoms with Crippen molar-refractivity contribution in [3.05, 3.63) is 449 Å². The third kappa shape index (κ3) is 12.5. The fraction of sp³-hybridized carbons (Fsp3) is 0. The minimum Gasteiger partial charge on any atom is -0.456 e. The Hall–Kier alpha value is -18.8. The van der Waals surface area contributed by atoms with Gasteiger partial charge in [0, 0.05) is 163 Å². The number of benzene rings is 20. The summed E-state index contributed by atoms with van der Waals surface area (Å²) in [5.74, 6) is 3.78. The van der Waals surface area contributed by atoms with Crippen molar-refractivity contribution in [1.82, 2.24) is 48.2 Å². The highest BCUT2D eigenvalue weighted by molar-refractivity contribution is 7.25. The van der Waals surface area contributed by atoms with Gasteiger partial charge in [-0.25, -0.2) is 29.9 Å². The Kier molecular flexibility index (Phi) is 17.7. The Labute approximate surface area is 802 Å². The molecule has 14 heteroatoms. The first-order chi connectivity index (χ1) is 69.4. The van der Waals surface area contributed by atoms with Gasteiger partial charge in [-0.3, -0.25) is 0 Å². The van der Waals surface area contributed by atoms with E-state index in [4.69, 9.17) is 43.2 Å². The summed E-state index contributed by atoms with van der Waals surface area (Å²) in [6.07, 6.45) is 0. The van der Waals surface area contributed by atoms with Gasteiger partial charge in [0.2, 0.25) is 0 Å². The van der Waals surface area contributed by atoms with Gasteiger partial charge in [0.25, 0.3) is 0 Å². The Morgan fingerprint density at radius 1 is 0.164 bits per heavy atom. The SMILES string of the molecule is c1ccc(-c2nc(-c3ccccc3)nc(-c3ccc4oc5ccc(-n6c7ccccc7c7cc(-c8cccc9c8oc8c9ccc9c%10ccccc%10n(-c%10ccccc%10)c98)ccc76)cc5c4c3)n2)cc1.c1ccc(-c2nc(-c3ccccc3)nc(-c3ccc4sc5ccc(-n6c7ccccc7c7cc(-c8cccc9c8oc8c9ccc9c%10ccccc%10n(-c%10ccccc%10)c98)ccc76)cc5c4c3)n2)cc1. The highest BCUT2D eigenvalue weighted by atomic mass is 32.1. The molecule has 0 amide bonds. The van der Waals surface area contributed by atoms with E-state index in [1.807, 2.05) is 145 Å². The first-order valence-corrected chi connectivity index (χ1v) is 47.8. The van der Waals surface area contributed by atoms with E-state index in [1.165, 1.54) is 57.9 Å². The van der Waals surface area contributed by atoms with Gasteiger partial charge in [-0.05, 0) is 169 Å². The van der Waals surface area contributed by atoms with Crippen molar-refractivity contribution in [1.29, 1.82) is 0 Å². The Morgan fingerprint density at radius 3 is 0.893 bits per heavy atom. The molecular weight excluding hydrogens is 1730 g/mol. The fourth-order valence-electron chi connectivity index (χ4n) is 21.6. The van der Waals surface area contributed by atoms with Gasteiger partial charge < -0.3 is 31.5 Å². The number of fused-ring (bicyclic) bond motifs is 26. The molecule has 140 heavy (non-hydrogen) atoms. The van der Waals surface area contributed by atoms with E-state index < -0.39 is 0 Å². The normalized spacial score (nSPS) is 12.0. The Balaban J connectivity index is 0.000000134. The molecule has 13 nitrogen and oxygen atoms in total. The number of hydrogen-bond donors (Lipinski definition) is 0. The fourth-order valence-corrected chi connectivity index (χ4v) is 22.6. The predicted molar refractivity (Wildman–Crippen MR) is 575 cm³/mol. The van der Waals surface area contributed by atoms with E-state index in [2.05, 4.69) is 334 Å². The zero-order chi connectivity index (χ0) is 91.7. The molecule has 652 valence electrons. The number of furan rings is 3. The van der Waals surface area contributed by atoms with Gasteiger partial charge in [-0.1, -0.05) is 291 Å². The van der Waals surface area contributed by atoms with E-state index >= 15 is 0 Å². The van der Waals surface area contributed by atoms with Crippen LogP contribution in [0.2, 0.25) is 0 Å². The molecule has 0 radical (unpaired) electrons. The monoisotopic (exact) mass is 1810 g/mol. The van der Waals surface area contributed by atoms with Crippen LogP contribution in [0.25, 0.3) is 287 Å². The lowest BCUT2D eigenvalue weighted by molar-refractivity contribution is 0.669. The number of rotatable bonds is 12. The molecule has 0 fully saturated rings. The van der Waals surface area contributed by atoms with Crippen molar-refractivity contribution in [3.63, 3.8) is 0 Å². The van der Waals surface area contributed by atoms with Crippen LogP contribution in [0.4, 0.5) is 0 Å². The standard InChI is InChI=1S/C63H37N5O2.C63H37N5OS/c1-4-15-38(16-5-1)61-64-62(39-17-6-2-7-18-39)66-63(65-61)41-28-33-56-51(36-41)52-37-43(29-34-57(52)69-56)67-53-25-12-11-22-46(53)50-35-40(27-32-55(50)67)44-23-14-24-48-49-31-30-47-45-21-10-13-26-54(45)68(42-19-8-3-9-20-42)58(47)60(49)70-59(44)48;1-4-15-38(16-5-1)61-64-62(39-17-6-2-7-18-39)66-63(65-61)41-28-33-56-51(36-41)52-37-43(29-34-57(52)70-56)67-53-25-12-11-22-46(53)50-35-40(27-32-55(50)67)44-23-14-24-48-49-31-30-47-45-21-10-13-26-54(45)68(42-19-8-3-9-20-42)58(47)60(49)69-59(44)48/h2*1-37H. The van der Waals surface area contributed by atoms with Gasteiger partial charge in [0.15, 0.2) is 46.1 Å². The molecule has 10 aromatic heterocycles. The number of aromatic nitrogens is 10. The molecule has 0 aliphatic carbocycles. The molecule has 0 aliphatic heterocycles. The summed E-state index contributed by atoms with van der Waals surface area (Å²) in [4.78, 5) is 30.0. The highest BCUT2D eigenvalue weighted by Crippen LogP contribution is 2.49. The number of nitrogens with zero attached hydrogens (tertiary/aromatic N) is 10. The van der Waals surface area contributed by atoms with E-state index in [1.54, 1.807) is 0 Å². The summed E-state index contributed by atoms with van der Waals surface area (Å²) >= 11 is 1.81. The van der Waals surface area contributed by atoms with Crippen LogP contribution in [0.15, 0.2) is 462 Å². The molecule has 0 N–H and O–H groups in total. The second-order valence-electron chi connectivity index (χ2n) is 35.9. The van der Waals surface area contributed by atoms with Crippen LogP contribution in [-0.2, 0) is 0 Å². The zero-order valence-corrected chi connectivity index (χ0v) is 75.6. The largest absolute Gasteiger partial charge is 0.456 e. The maximum absolute atomic E-state index is 7.14. The van der Waals surface area contributed by atoms with Gasteiger partial charge >= 0.3 is 0 Å². The van der Waals surface area contributed by atoms with Crippen molar-refractivity contribution in [2.24, 2.45) is 0 Å². The van der Waals surface area contributed by atoms with E-state index in [-0.39, 0.29) is 0 Å². The molecule has 0 saturated heterocycles. The summed E-state index contributed by atoms with van der Waals surface area (Å²) in [5.41, 5.74) is 28.4. The van der Waals surface area contributed by atoms with Crippen molar-refractivity contribution in [3.8, 4) is 113 Å². The average Bonchev–Trinajstić information content (AvgIpc) is 1.56. The van der Waals surface area contributed by atoms with E-state index in [0.717, 1.165) is 194 Å². The lowest BCUT2D eigenvalue weighted by Crippen LogP contribution is -2.00. The molecular formula is C126H74N10O3S. The number of para-hydroxylation sites is 8. The van der Waals surface area contributed by atoms with E-state index in [9.17, 15) is 0 Å². The summed E-state index contributed by atoms with van der Waals surface area (Å²) < 4.78 is 32.7. The van der Waals surface area contributed by atoms with Gasteiger partial charge in [-0.15, -0.1) is 11.3 Å². The molecule has 0 unspecified atom stereocenters. The summed E-state index contributed by atoms with van der Waals surface area (Å²) in [5, 5.41) is 18.2. The Bertz CT molecular complexity index is 9640. The molecule has 20 aromatic carbocycles. The first kappa shape index (κ1) is 78.7. The summed E-state index contributed by atoms with van der Waals surface area (Å²) in [7, 11) is 0. The minimum absolute atomic E-state index is 0.597. The van der Waals surface area contributed by atoms with Crippen molar-refractivity contribution in [2.45, 2.75) is 0 Å². The molecule has 30 rings (SSSR count). The first-order valence-electron chi connectivity index (χ1n) is 47.0. The second-order valence-corrected chi connectivity index (χ2v) is 36.9. The minimum atomic E-state index is 0.597. The van der Waals surface area contributed by atoms with Crippen LogP contribution in [-0.4, -0.2) is 48.2 Å². The smallest absolute Gasteiger partial charge is 0.164 e. The molecule has 0 aliphatic rings. The topological polar surface area (TPSA) is 136 Å².